The number of carbonyl (C=O) groups excluding carboxylic acids is 2. The predicted octanol–water partition coefficient (Wildman–Crippen LogP) is 5.55. The Balaban J connectivity index is 1.75. The minimum atomic E-state index is -4.58. The SMILES string of the molecule is CCOC(=O)c1ccc(F)c(F)c1N(C)C(=O)n1c([S+]([O-])Cc2nccc(OCC(F)(F)F)c2C)nc2ccccc21. The third kappa shape index (κ3) is 6.31. The lowest BCUT2D eigenvalue weighted by Crippen LogP contribution is -2.35. The van der Waals surface area contributed by atoms with Crippen LogP contribution in [-0.2, 0) is 21.7 Å². The summed E-state index contributed by atoms with van der Waals surface area (Å²) in [5, 5.41) is -0.301. The van der Waals surface area contributed by atoms with Crippen molar-refractivity contribution in [3.05, 3.63) is 77.1 Å². The second kappa shape index (κ2) is 12.3. The summed E-state index contributed by atoms with van der Waals surface area (Å²) in [6.45, 7) is 1.35. The molecule has 1 atom stereocenters. The maximum Gasteiger partial charge on any atom is 0.422 e. The molecule has 0 aliphatic heterocycles. The van der Waals surface area contributed by atoms with Gasteiger partial charge in [-0.25, -0.2) is 22.9 Å². The molecule has 1 amide bonds. The molecule has 0 fully saturated rings. The molecule has 0 N–H and O–H groups in total. The molecule has 0 aliphatic rings. The van der Waals surface area contributed by atoms with Gasteiger partial charge in [-0.15, -0.1) is 0 Å². The molecular weight excluding hydrogens is 587 g/mol. The maximum atomic E-state index is 15.0. The fraction of sp³-hybridized carbons (Fsp3) is 0.259. The van der Waals surface area contributed by atoms with Crippen LogP contribution in [0, 0.1) is 18.6 Å². The fourth-order valence-electron chi connectivity index (χ4n) is 4.04. The number of nitrogens with zero attached hydrogens (tertiary/aromatic N) is 4. The van der Waals surface area contributed by atoms with Crippen molar-refractivity contribution in [2.24, 2.45) is 0 Å². The highest BCUT2D eigenvalue weighted by atomic mass is 32.2. The first-order valence-corrected chi connectivity index (χ1v) is 13.6. The van der Waals surface area contributed by atoms with Crippen LogP contribution in [0.4, 0.5) is 32.4 Å². The predicted molar refractivity (Wildman–Crippen MR) is 142 cm³/mol. The molecule has 2 aromatic heterocycles. The molecule has 4 rings (SSSR count). The van der Waals surface area contributed by atoms with Gasteiger partial charge < -0.3 is 14.0 Å². The van der Waals surface area contributed by atoms with Crippen LogP contribution >= 0.6 is 0 Å². The topological polar surface area (TPSA) is 110 Å². The van der Waals surface area contributed by atoms with Crippen molar-refractivity contribution in [1.82, 2.24) is 14.5 Å². The molecule has 4 aromatic rings. The Morgan fingerprint density at radius 3 is 2.52 bits per heavy atom. The quantitative estimate of drug-likeness (QED) is 0.146. The van der Waals surface area contributed by atoms with Crippen LogP contribution < -0.4 is 9.64 Å². The van der Waals surface area contributed by atoms with Crippen LogP contribution in [0.1, 0.15) is 28.5 Å². The van der Waals surface area contributed by atoms with Crippen LogP contribution in [0.2, 0.25) is 0 Å². The van der Waals surface area contributed by atoms with E-state index >= 15 is 4.39 Å². The Hall–Kier alpha value is -4.24. The molecule has 9 nitrogen and oxygen atoms in total. The number of benzene rings is 2. The second-order valence-electron chi connectivity index (χ2n) is 8.81. The summed E-state index contributed by atoms with van der Waals surface area (Å²) in [4.78, 5) is 35.4. The number of hydrogen-bond donors (Lipinski definition) is 0. The van der Waals surface area contributed by atoms with Gasteiger partial charge in [-0.1, -0.05) is 12.1 Å². The van der Waals surface area contributed by atoms with Gasteiger partial charge in [0.15, 0.2) is 24.0 Å². The van der Waals surface area contributed by atoms with Gasteiger partial charge >= 0.3 is 23.3 Å². The Kier molecular flexibility index (Phi) is 9.01. The number of amides is 1. The summed E-state index contributed by atoms with van der Waals surface area (Å²) in [6, 6.07) is 8.09. The summed E-state index contributed by atoms with van der Waals surface area (Å²) in [5.74, 6) is -4.31. The molecule has 0 spiro atoms. The monoisotopic (exact) mass is 610 g/mol. The van der Waals surface area contributed by atoms with E-state index in [1.54, 1.807) is 12.1 Å². The van der Waals surface area contributed by atoms with Gasteiger partial charge in [0.05, 0.1) is 34.6 Å². The molecule has 222 valence electrons. The van der Waals surface area contributed by atoms with E-state index in [2.05, 4.69) is 9.97 Å². The lowest BCUT2D eigenvalue weighted by molar-refractivity contribution is -0.153. The van der Waals surface area contributed by atoms with Gasteiger partial charge in [-0.2, -0.15) is 18.2 Å². The number of carbonyl (C=O) groups is 2. The van der Waals surface area contributed by atoms with E-state index in [9.17, 15) is 31.7 Å². The number of para-hydroxylation sites is 2. The van der Waals surface area contributed by atoms with E-state index in [0.29, 0.717) is 4.90 Å². The molecule has 15 heteroatoms. The van der Waals surface area contributed by atoms with Crippen LogP contribution in [0.25, 0.3) is 11.0 Å². The van der Waals surface area contributed by atoms with E-state index in [4.69, 9.17) is 9.47 Å². The third-order valence-corrected chi connectivity index (χ3v) is 7.25. The standard InChI is InChI=1S/C27H23F5N4O5S/c1-4-40-24(37)16-9-10-17(28)22(29)23(16)35(3)26(38)36-20-8-6-5-7-18(20)34-25(36)42(39)13-19-15(2)21(11-12-33-19)41-14-27(30,31)32/h5-12H,4,13-14H2,1-3H3. The highest BCUT2D eigenvalue weighted by molar-refractivity contribution is 7.90. The minimum absolute atomic E-state index is 0.0693. The van der Waals surface area contributed by atoms with E-state index < -0.39 is 58.8 Å². The number of imidazole rings is 1. The Bertz CT molecular complexity index is 1650. The van der Waals surface area contributed by atoms with E-state index in [-0.39, 0.29) is 45.6 Å². The minimum Gasteiger partial charge on any atom is -0.609 e. The summed E-state index contributed by atoms with van der Waals surface area (Å²) < 4.78 is 91.6. The van der Waals surface area contributed by atoms with Crippen LogP contribution in [0.3, 0.4) is 0 Å². The molecule has 0 aliphatic carbocycles. The molecule has 0 radical (unpaired) electrons. The summed E-state index contributed by atoms with van der Waals surface area (Å²) in [7, 11) is 1.09. The Morgan fingerprint density at radius 2 is 1.83 bits per heavy atom. The van der Waals surface area contributed by atoms with E-state index in [0.717, 1.165) is 23.7 Å². The fourth-order valence-corrected chi connectivity index (χ4v) is 5.29. The van der Waals surface area contributed by atoms with Gasteiger partial charge in [0.25, 0.3) is 0 Å². The van der Waals surface area contributed by atoms with Gasteiger partial charge in [-0.3, -0.25) is 9.88 Å². The largest absolute Gasteiger partial charge is 0.609 e. The summed E-state index contributed by atoms with van der Waals surface area (Å²) in [6.07, 6.45) is -3.39. The normalized spacial score (nSPS) is 12.3. The van der Waals surface area contributed by atoms with Gasteiger partial charge in [0, 0.05) is 30.0 Å². The lowest BCUT2D eigenvalue weighted by atomic mass is 10.1. The van der Waals surface area contributed by atoms with Crippen LogP contribution in [0.5, 0.6) is 5.75 Å². The van der Waals surface area contributed by atoms with Crippen molar-refractivity contribution < 1.29 is 45.6 Å². The lowest BCUT2D eigenvalue weighted by Gasteiger charge is -2.22. The van der Waals surface area contributed by atoms with E-state index in [1.165, 1.54) is 38.2 Å². The number of aromatic nitrogens is 3. The molecule has 42 heavy (non-hydrogen) atoms. The number of halogens is 5. The van der Waals surface area contributed by atoms with Crippen molar-refractivity contribution in [1.29, 1.82) is 0 Å². The maximum absolute atomic E-state index is 15.0. The average Bonchev–Trinajstić information content (AvgIpc) is 3.33. The number of anilines is 1. The zero-order chi connectivity index (χ0) is 30.8. The first-order valence-electron chi connectivity index (χ1n) is 12.3. The van der Waals surface area contributed by atoms with Crippen molar-refractivity contribution in [3.8, 4) is 5.75 Å². The third-order valence-electron chi connectivity index (χ3n) is 6.03. The highest BCUT2D eigenvalue weighted by Gasteiger charge is 2.33. The number of alkyl halides is 3. The summed E-state index contributed by atoms with van der Waals surface area (Å²) in [5.41, 5.74) is -0.413. The van der Waals surface area contributed by atoms with E-state index in [1.807, 2.05) is 0 Å². The summed E-state index contributed by atoms with van der Waals surface area (Å²) >= 11 is -2.13. The Morgan fingerprint density at radius 1 is 1.12 bits per heavy atom. The van der Waals surface area contributed by atoms with Crippen LogP contribution in [0.15, 0.2) is 53.8 Å². The molecule has 2 heterocycles. The first-order chi connectivity index (χ1) is 19.8. The molecule has 0 saturated heterocycles. The van der Waals surface area contributed by atoms with Crippen molar-refractivity contribution in [2.45, 2.75) is 30.9 Å². The number of fused-ring (bicyclic) bond motifs is 1. The number of hydrogen-bond acceptors (Lipinski definition) is 7. The number of esters is 1. The zero-order valence-electron chi connectivity index (χ0n) is 22.4. The number of ether oxygens (including phenoxy) is 2. The average molecular weight is 611 g/mol. The zero-order valence-corrected chi connectivity index (χ0v) is 23.2. The number of rotatable bonds is 8. The van der Waals surface area contributed by atoms with Gasteiger partial charge in [0.2, 0.25) is 0 Å². The highest BCUT2D eigenvalue weighted by Crippen LogP contribution is 2.31. The molecular formula is C27H23F5N4O5S. The molecule has 0 saturated carbocycles. The molecule has 1 unspecified atom stereocenters. The number of pyridine rings is 1. The van der Waals surface area contributed by atoms with Crippen molar-refractivity contribution in [3.63, 3.8) is 0 Å². The second-order valence-corrected chi connectivity index (χ2v) is 10.2. The van der Waals surface area contributed by atoms with Crippen molar-refractivity contribution in [2.75, 3.05) is 25.2 Å². The smallest absolute Gasteiger partial charge is 0.422 e. The van der Waals surface area contributed by atoms with Gasteiger partial charge in [0.1, 0.15) is 5.75 Å². The molecule has 2 aromatic carbocycles. The Labute approximate surface area is 239 Å². The first kappa shape index (κ1) is 30.7. The van der Waals surface area contributed by atoms with Crippen LogP contribution in [-0.4, -0.2) is 57.5 Å². The van der Waals surface area contributed by atoms with Crippen molar-refractivity contribution >= 4 is 39.9 Å². The molecule has 0 bridgehead atoms. The van der Waals surface area contributed by atoms with Gasteiger partial charge in [-0.05, 0) is 44.2 Å².